The van der Waals surface area contributed by atoms with E-state index in [9.17, 15) is 4.79 Å². The molecule has 0 fully saturated rings. The van der Waals surface area contributed by atoms with E-state index in [1.54, 1.807) is 6.92 Å². The van der Waals surface area contributed by atoms with Gasteiger partial charge in [0.05, 0.1) is 11.4 Å². The van der Waals surface area contributed by atoms with Gasteiger partial charge in [0.15, 0.2) is 0 Å². The summed E-state index contributed by atoms with van der Waals surface area (Å²) in [7, 11) is 0. The van der Waals surface area contributed by atoms with E-state index < -0.39 is 0 Å². The summed E-state index contributed by atoms with van der Waals surface area (Å²) in [6, 6.07) is 15.8. The van der Waals surface area contributed by atoms with E-state index in [1.165, 1.54) is 0 Å². The number of Topliss-reactive ketones (excluding diaryl/α,β-unsaturated/α-hetero) is 1. The Kier molecular flexibility index (Phi) is 2.88. The number of carbonyl (C=O) groups is 1. The monoisotopic (exact) mass is 250 g/mol. The van der Waals surface area contributed by atoms with E-state index in [0.29, 0.717) is 6.42 Å². The second-order valence-electron chi connectivity index (χ2n) is 4.58. The second kappa shape index (κ2) is 4.69. The Morgan fingerprint density at radius 2 is 1.84 bits per heavy atom. The van der Waals surface area contributed by atoms with E-state index in [2.05, 4.69) is 4.98 Å². The molecule has 3 aromatic rings. The van der Waals surface area contributed by atoms with Crippen molar-refractivity contribution in [2.24, 2.45) is 0 Å². The van der Waals surface area contributed by atoms with Gasteiger partial charge in [0, 0.05) is 18.2 Å². The molecule has 0 saturated heterocycles. The molecular weight excluding hydrogens is 236 g/mol. The number of aromatic nitrogens is 2. The number of pyridine rings is 1. The fraction of sp³-hybridized carbons (Fsp3) is 0.125. The van der Waals surface area contributed by atoms with Crippen molar-refractivity contribution >= 4 is 11.4 Å². The molecule has 3 nitrogen and oxygen atoms in total. The smallest absolute Gasteiger partial charge is 0.137 e. The molecule has 0 spiro atoms. The minimum Gasteiger partial charge on any atom is -0.303 e. The van der Waals surface area contributed by atoms with Gasteiger partial charge in [0.25, 0.3) is 0 Å². The molecule has 1 aromatic carbocycles. The van der Waals surface area contributed by atoms with Crippen LogP contribution >= 0.6 is 0 Å². The first-order valence-electron chi connectivity index (χ1n) is 6.26. The molecule has 3 heteroatoms. The maximum Gasteiger partial charge on any atom is 0.137 e. The molecule has 0 bridgehead atoms. The summed E-state index contributed by atoms with van der Waals surface area (Å²) in [4.78, 5) is 16.1. The van der Waals surface area contributed by atoms with Crippen molar-refractivity contribution in [1.82, 2.24) is 9.38 Å². The number of rotatable bonds is 3. The van der Waals surface area contributed by atoms with Crippen LogP contribution in [0.2, 0.25) is 0 Å². The van der Waals surface area contributed by atoms with Crippen LogP contribution < -0.4 is 0 Å². The van der Waals surface area contributed by atoms with Gasteiger partial charge in [-0.2, -0.15) is 0 Å². The highest BCUT2D eigenvalue weighted by atomic mass is 16.1. The molecule has 0 aliphatic rings. The lowest BCUT2D eigenvalue weighted by molar-refractivity contribution is -0.116. The summed E-state index contributed by atoms with van der Waals surface area (Å²) >= 11 is 0. The Hall–Kier alpha value is -2.42. The molecular formula is C16H14N2O. The molecule has 0 unspecified atom stereocenters. The van der Waals surface area contributed by atoms with Crippen LogP contribution in [-0.2, 0) is 11.2 Å². The molecule has 0 N–H and O–H groups in total. The molecule has 0 atom stereocenters. The maximum absolute atomic E-state index is 11.5. The number of imidazole rings is 1. The van der Waals surface area contributed by atoms with Crippen LogP contribution in [0.3, 0.4) is 0 Å². The lowest BCUT2D eigenvalue weighted by Gasteiger charge is -2.03. The predicted octanol–water partition coefficient (Wildman–Crippen LogP) is 3.13. The highest BCUT2D eigenvalue weighted by molar-refractivity contribution is 5.81. The van der Waals surface area contributed by atoms with Crippen molar-refractivity contribution in [2.45, 2.75) is 13.3 Å². The minimum absolute atomic E-state index is 0.142. The fourth-order valence-electron chi connectivity index (χ4n) is 2.28. The zero-order chi connectivity index (χ0) is 13.2. The van der Waals surface area contributed by atoms with Crippen molar-refractivity contribution in [1.29, 1.82) is 0 Å². The molecule has 0 amide bonds. The van der Waals surface area contributed by atoms with E-state index in [4.69, 9.17) is 0 Å². The maximum atomic E-state index is 11.5. The molecule has 0 aliphatic carbocycles. The van der Waals surface area contributed by atoms with E-state index >= 15 is 0 Å². The van der Waals surface area contributed by atoms with Gasteiger partial charge in [-0.3, -0.25) is 4.79 Å². The van der Waals surface area contributed by atoms with Crippen LogP contribution in [0.25, 0.3) is 16.9 Å². The first kappa shape index (κ1) is 11.7. The minimum atomic E-state index is 0.142. The van der Waals surface area contributed by atoms with E-state index in [0.717, 1.165) is 22.6 Å². The Labute approximate surface area is 111 Å². The summed E-state index contributed by atoms with van der Waals surface area (Å²) in [5, 5.41) is 0. The van der Waals surface area contributed by atoms with Gasteiger partial charge in [0.1, 0.15) is 11.4 Å². The fourth-order valence-corrected chi connectivity index (χ4v) is 2.28. The van der Waals surface area contributed by atoms with Crippen molar-refractivity contribution < 1.29 is 4.79 Å². The molecule has 3 rings (SSSR count). The molecule has 2 heterocycles. The van der Waals surface area contributed by atoms with Crippen LogP contribution in [0.15, 0.2) is 54.7 Å². The van der Waals surface area contributed by atoms with E-state index in [1.807, 2.05) is 59.1 Å². The molecule has 19 heavy (non-hydrogen) atoms. The Balaban J connectivity index is 2.26. The summed E-state index contributed by atoms with van der Waals surface area (Å²) in [6.07, 6.45) is 2.35. The molecule has 0 saturated carbocycles. The van der Waals surface area contributed by atoms with Gasteiger partial charge >= 0.3 is 0 Å². The van der Waals surface area contributed by atoms with Crippen molar-refractivity contribution in [3.63, 3.8) is 0 Å². The van der Waals surface area contributed by atoms with Gasteiger partial charge < -0.3 is 4.40 Å². The second-order valence-corrected chi connectivity index (χ2v) is 4.58. The van der Waals surface area contributed by atoms with E-state index in [-0.39, 0.29) is 5.78 Å². The van der Waals surface area contributed by atoms with Crippen LogP contribution in [0.4, 0.5) is 0 Å². The Morgan fingerprint density at radius 1 is 1.11 bits per heavy atom. The van der Waals surface area contributed by atoms with Crippen molar-refractivity contribution in [3.8, 4) is 11.3 Å². The average Bonchev–Trinajstić information content (AvgIpc) is 2.78. The lowest BCUT2D eigenvalue weighted by atomic mass is 10.1. The quantitative estimate of drug-likeness (QED) is 0.715. The average molecular weight is 250 g/mol. The number of carbonyl (C=O) groups excluding carboxylic acids is 1. The Morgan fingerprint density at radius 3 is 2.58 bits per heavy atom. The number of ketones is 1. The Bertz CT molecular complexity index is 729. The summed E-state index contributed by atoms with van der Waals surface area (Å²) in [5.41, 5.74) is 3.76. The number of nitrogens with zero attached hydrogens (tertiary/aromatic N) is 2. The predicted molar refractivity (Wildman–Crippen MR) is 75.0 cm³/mol. The van der Waals surface area contributed by atoms with Crippen LogP contribution in [0.1, 0.15) is 12.6 Å². The molecule has 2 aromatic heterocycles. The van der Waals surface area contributed by atoms with Crippen molar-refractivity contribution in [3.05, 3.63) is 60.4 Å². The highest BCUT2D eigenvalue weighted by Gasteiger charge is 2.14. The zero-order valence-electron chi connectivity index (χ0n) is 10.7. The zero-order valence-corrected chi connectivity index (χ0v) is 10.7. The third-order valence-corrected chi connectivity index (χ3v) is 3.09. The van der Waals surface area contributed by atoms with Gasteiger partial charge in [-0.05, 0) is 19.1 Å². The number of fused-ring (bicyclic) bond motifs is 1. The highest BCUT2D eigenvalue weighted by Crippen LogP contribution is 2.24. The molecule has 0 aliphatic heterocycles. The number of hydrogen-bond acceptors (Lipinski definition) is 2. The van der Waals surface area contributed by atoms with Crippen molar-refractivity contribution in [2.75, 3.05) is 0 Å². The first-order chi connectivity index (χ1) is 9.25. The SMILES string of the molecule is CC(=O)Cc1c(-c2ccccc2)nc2ccccn12. The van der Waals surface area contributed by atoms with Crippen LogP contribution in [-0.4, -0.2) is 15.2 Å². The van der Waals surface area contributed by atoms with Crippen LogP contribution in [0, 0.1) is 0 Å². The summed E-state index contributed by atoms with van der Waals surface area (Å²) < 4.78 is 1.99. The summed E-state index contributed by atoms with van der Waals surface area (Å²) in [5.74, 6) is 0.142. The standard InChI is InChI=1S/C16H14N2O/c1-12(19)11-14-16(13-7-3-2-4-8-13)17-15-9-5-6-10-18(14)15/h2-10H,11H2,1H3. The molecule has 0 radical (unpaired) electrons. The van der Waals surface area contributed by atoms with Gasteiger partial charge in [0.2, 0.25) is 0 Å². The largest absolute Gasteiger partial charge is 0.303 e. The number of hydrogen-bond donors (Lipinski definition) is 0. The lowest BCUT2D eigenvalue weighted by Crippen LogP contribution is -2.01. The molecule has 94 valence electrons. The van der Waals surface area contributed by atoms with Gasteiger partial charge in [-0.25, -0.2) is 4.98 Å². The first-order valence-corrected chi connectivity index (χ1v) is 6.26. The van der Waals surface area contributed by atoms with Gasteiger partial charge in [-0.1, -0.05) is 36.4 Å². The topological polar surface area (TPSA) is 34.4 Å². The normalized spacial score (nSPS) is 10.8. The van der Waals surface area contributed by atoms with Gasteiger partial charge in [-0.15, -0.1) is 0 Å². The third kappa shape index (κ3) is 2.15. The third-order valence-electron chi connectivity index (χ3n) is 3.09. The summed E-state index contributed by atoms with van der Waals surface area (Å²) in [6.45, 7) is 1.61. The number of benzene rings is 1. The van der Waals surface area contributed by atoms with Crippen LogP contribution in [0.5, 0.6) is 0 Å².